The number of hydrogen-bond acceptors (Lipinski definition) is 4. The third-order valence-electron chi connectivity index (χ3n) is 5.55. The van der Waals surface area contributed by atoms with Crippen LogP contribution in [0.25, 0.3) is 0 Å². The third kappa shape index (κ3) is 3.75. The van der Waals surface area contributed by atoms with Crippen molar-refractivity contribution in [2.45, 2.75) is 38.7 Å². The van der Waals surface area contributed by atoms with Crippen LogP contribution in [-0.4, -0.2) is 37.4 Å². The topological polar surface area (TPSA) is 58.6 Å². The van der Waals surface area contributed by atoms with Crippen LogP contribution < -0.4 is 15.0 Å². The zero-order valence-corrected chi connectivity index (χ0v) is 16.2. The van der Waals surface area contributed by atoms with E-state index in [-0.39, 0.29) is 11.7 Å². The highest BCUT2D eigenvalue weighted by Crippen LogP contribution is 2.30. The van der Waals surface area contributed by atoms with Gasteiger partial charge in [0.05, 0.1) is 5.56 Å². The Morgan fingerprint density at radius 1 is 1.18 bits per heavy atom. The largest absolute Gasteiger partial charge is 0.482 e. The number of hydrogen-bond donors (Lipinski definition) is 1. The van der Waals surface area contributed by atoms with E-state index in [0.717, 1.165) is 31.5 Å². The van der Waals surface area contributed by atoms with Gasteiger partial charge in [-0.1, -0.05) is 30.3 Å². The zero-order chi connectivity index (χ0) is 19.5. The molecule has 2 aliphatic heterocycles. The van der Waals surface area contributed by atoms with E-state index in [1.165, 1.54) is 17.7 Å². The molecule has 5 nitrogen and oxygen atoms in total. The average Bonchev–Trinajstić information content (AvgIpc) is 2.71. The van der Waals surface area contributed by atoms with E-state index < -0.39 is 6.10 Å². The van der Waals surface area contributed by atoms with Crippen molar-refractivity contribution < 1.29 is 14.3 Å². The molecule has 0 saturated heterocycles. The summed E-state index contributed by atoms with van der Waals surface area (Å²) in [7, 11) is 0. The van der Waals surface area contributed by atoms with Gasteiger partial charge in [-0.25, -0.2) is 0 Å². The average molecular weight is 378 g/mol. The minimum Gasteiger partial charge on any atom is -0.482 e. The number of fused-ring (bicyclic) bond motifs is 2. The molecule has 2 aromatic rings. The fourth-order valence-electron chi connectivity index (χ4n) is 4.03. The molecule has 1 unspecified atom stereocenters. The van der Waals surface area contributed by atoms with Gasteiger partial charge in [-0.05, 0) is 43.9 Å². The van der Waals surface area contributed by atoms with Crippen LogP contribution in [0.1, 0.15) is 41.3 Å². The minimum absolute atomic E-state index is 0.0480. The number of carbonyl (C=O) groups is 2. The molecule has 0 radical (unpaired) electrons. The van der Waals surface area contributed by atoms with Crippen LogP contribution in [0.4, 0.5) is 5.69 Å². The molecular weight excluding hydrogens is 352 g/mol. The van der Waals surface area contributed by atoms with Gasteiger partial charge in [0, 0.05) is 37.3 Å². The van der Waals surface area contributed by atoms with Crippen LogP contribution in [-0.2, 0) is 17.6 Å². The molecule has 2 aliphatic rings. The Morgan fingerprint density at radius 2 is 2.00 bits per heavy atom. The lowest BCUT2D eigenvalue weighted by molar-refractivity contribution is -0.125. The van der Waals surface area contributed by atoms with Crippen LogP contribution >= 0.6 is 0 Å². The van der Waals surface area contributed by atoms with Crippen molar-refractivity contribution in [3.05, 3.63) is 59.2 Å². The Hall–Kier alpha value is -2.82. The summed E-state index contributed by atoms with van der Waals surface area (Å²) in [6.45, 7) is 4.33. The molecule has 0 bridgehead atoms. The van der Waals surface area contributed by atoms with Gasteiger partial charge in [0.1, 0.15) is 5.75 Å². The van der Waals surface area contributed by atoms with Crippen LogP contribution in [0.5, 0.6) is 5.75 Å². The van der Waals surface area contributed by atoms with Gasteiger partial charge in [0.15, 0.2) is 11.9 Å². The molecule has 5 heteroatoms. The molecule has 2 aromatic carbocycles. The number of anilines is 1. The Bertz CT molecular complexity index is 893. The maximum atomic E-state index is 12.7. The van der Waals surface area contributed by atoms with Crippen molar-refractivity contribution >= 4 is 17.4 Å². The predicted octanol–water partition coefficient (Wildman–Crippen LogP) is 3.15. The number of amides is 1. The number of nitrogens with one attached hydrogen (secondary N) is 1. The van der Waals surface area contributed by atoms with E-state index in [0.29, 0.717) is 24.3 Å². The van der Waals surface area contributed by atoms with Crippen molar-refractivity contribution in [3.8, 4) is 5.75 Å². The Labute approximate surface area is 165 Å². The lowest BCUT2D eigenvalue weighted by atomic mass is 9.98. The summed E-state index contributed by atoms with van der Waals surface area (Å²) in [6.07, 6.45) is 3.02. The van der Waals surface area contributed by atoms with Crippen molar-refractivity contribution in [2.24, 2.45) is 0 Å². The highest BCUT2D eigenvalue weighted by Gasteiger charge is 2.27. The van der Waals surface area contributed by atoms with Gasteiger partial charge in [0.25, 0.3) is 5.91 Å². The fourth-order valence-corrected chi connectivity index (χ4v) is 4.03. The van der Waals surface area contributed by atoms with Gasteiger partial charge >= 0.3 is 0 Å². The van der Waals surface area contributed by atoms with E-state index in [9.17, 15) is 9.59 Å². The first-order valence-electron chi connectivity index (χ1n) is 10.1. The normalized spacial score (nSPS) is 18.1. The zero-order valence-electron chi connectivity index (χ0n) is 16.2. The number of para-hydroxylation sites is 2. The third-order valence-corrected chi connectivity index (χ3v) is 5.55. The van der Waals surface area contributed by atoms with Crippen LogP contribution in [0.15, 0.2) is 42.5 Å². The van der Waals surface area contributed by atoms with Crippen molar-refractivity contribution in [2.75, 3.05) is 24.5 Å². The van der Waals surface area contributed by atoms with E-state index in [1.54, 1.807) is 13.0 Å². The van der Waals surface area contributed by atoms with E-state index in [1.807, 2.05) is 12.1 Å². The number of rotatable bonds is 5. The molecule has 1 N–H and O–H groups in total. The lowest BCUT2D eigenvalue weighted by Gasteiger charge is -2.31. The summed E-state index contributed by atoms with van der Waals surface area (Å²) < 4.78 is 5.72. The van der Waals surface area contributed by atoms with E-state index in [4.69, 9.17) is 4.74 Å². The van der Waals surface area contributed by atoms with Gasteiger partial charge in [-0.3, -0.25) is 9.59 Å². The minimum atomic E-state index is -0.499. The molecule has 0 fully saturated rings. The van der Waals surface area contributed by atoms with Crippen LogP contribution in [0, 0.1) is 0 Å². The van der Waals surface area contributed by atoms with Gasteiger partial charge in [-0.15, -0.1) is 0 Å². The maximum Gasteiger partial charge on any atom is 0.255 e. The predicted molar refractivity (Wildman–Crippen MR) is 109 cm³/mol. The number of ether oxygens (including phenoxy) is 1. The summed E-state index contributed by atoms with van der Waals surface area (Å²) >= 11 is 0. The molecule has 0 spiro atoms. The second-order valence-electron chi connectivity index (χ2n) is 7.53. The molecular formula is C23H26N2O3. The number of benzene rings is 2. The number of carbonyl (C=O) groups excluding carboxylic acids is 2. The Balaban J connectivity index is 1.34. The molecule has 0 aliphatic carbocycles. The Morgan fingerprint density at radius 3 is 2.89 bits per heavy atom. The smallest absolute Gasteiger partial charge is 0.255 e. The molecule has 1 atom stereocenters. The monoisotopic (exact) mass is 378 g/mol. The maximum absolute atomic E-state index is 12.7. The van der Waals surface area contributed by atoms with Crippen molar-refractivity contribution in [1.29, 1.82) is 0 Å². The van der Waals surface area contributed by atoms with Gasteiger partial charge in [0.2, 0.25) is 0 Å². The number of nitrogens with zero attached hydrogens (tertiary/aromatic N) is 1. The van der Waals surface area contributed by atoms with Crippen LogP contribution in [0.3, 0.4) is 0 Å². The Kier molecular flexibility index (Phi) is 5.33. The molecule has 2 heterocycles. The second kappa shape index (κ2) is 8.05. The molecule has 0 aromatic heterocycles. The first kappa shape index (κ1) is 18.5. The SMILES string of the molecule is CC1Oc2c(cccc2C(=O)NCCCN2CCCc3ccccc32)CC1=O. The number of ketones is 1. The van der Waals surface area contributed by atoms with Crippen LogP contribution in [0.2, 0.25) is 0 Å². The number of Topliss-reactive ketones (excluding diaryl/α,β-unsaturated/α-hetero) is 1. The summed E-state index contributed by atoms with van der Waals surface area (Å²) in [5.41, 5.74) is 4.04. The first-order valence-corrected chi connectivity index (χ1v) is 10.1. The van der Waals surface area contributed by atoms with E-state index >= 15 is 0 Å². The van der Waals surface area contributed by atoms with Crippen molar-refractivity contribution in [3.63, 3.8) is 0 Å². The first-order chi connectivity index (χ1) is 13.6. The van der Waals surface area contributed by atoms with Crippen molar-refractivity contribution in [1.82, 2.24) is 5.32 Å². The second-order valence-corrected chi connectivity index (χ2v) is 7.53. The van der Waals surface area contributed by atoms with E-state index in [2.05, 4.69) is 34.5 Å². The molecule has 4 rings (SSSR count). The summed E-state index contributed by atoms with van der Waals surface area (Å²) in [6, 6.07) is 14.0. The van der Waals surface area contributed by atoms with Gasteiger partial charge in [-0.2, -0.15) is 0 Å². The summed E-state index contributed by atoms with van der Waals surface area (Å²) in [4.78, 5) is 26.9. The van der Waals surface area contributed by atoms with Gasteiger partial charge < -0.3 is 15.0 Å². The molecule has 146 valence electrons. The molecule has 1 amide bonds. The highest BCUT2D eigenvalue weighted by molar-refractivity contribution is 5.99. The molecule has 0 saturated carbocycles. The standard InChI is InChI=1S/C23H26N2O3/c1-16-21(26)15-18-8-4-10-19(22(18)28-16)23(27)24-12-6-14-25-13-5-9-17-7-2-3-11-20(17)25/h2-4,7-8,10-11,16H,5-6,9,12-15H2,1H3,(H,24,27). The highest BCUT2D eigenvalue weighted by atomic mass is 16.5. The quantitative estimate of drug-likeness (QED) is 0.812. The molecule has 28 heavy (non-hydrogen) atoms. The number of aryl methyl sites for hydroxylation is 1. The fraction of sp³-hybridized carbons (Fsp3) is 0.391. The lowest BCUT2D eigenvalue weighted by Crippen LogP contribution is -2.34. The summed E-state index contributed by atoms with van der Waals surface area (Å²) in [5, 5.41) is 3.01. The summed E-state index contributed by atoms with van der Waals surface area (Å²) in [5.74, 6) is 0.460.